The summed E-state index contributed by atoms with van der Waals surface area (Å²) in [4.78, 5) is 39.7. The zero-order chi connectivity index (χ0) is 20.8. The number of hydrogen-bond donors (Lipinski definition) is 0. The van der Waals surface area contributed by atoms with Gasteiger partial charge in [-0.05, 0) is 25.7 Å². The van der Waals surface area contributed by atoms with Crippen molar-refractivity contribution in [3.05, 3.63) is 35.8 Å². The number of halogens is 1. The molecule has 3 heterocycles. The van der Waals surface area contributed by atoms with E-state index in [1.807, 2.05) is 0 Å². The lowest BCUT2D eigenvalue weighted by molar-refractivity contribution is -0.255. The molecular formula is C21H23ClN4O4. The Morgan fingerprint density at radius 3 is 2.67 bits per heavy atom. The smallest absolute Gasteiger partial charge is 0.210 e. The van der Waals surface area contributed by atoms with Gasteiger partial charge in [0.05, 0.1) is 24.5 Å². The van der Waals surface area contributed by atoms with Gasteiger partial charge in [-0.25, -0.2) is 15.0 Å². The highest BCUT2D eigenvalue weighted by Gasteiger charge is 2.63. The van der Waals surface area contributed by atoms with Gasteiger partial charge >= 0.3 is 0 Å². The molecule has 2 spiro atoms. The summed E-state index contributed by atoms with van der Waals surface area (Å²) in [7, 11) is 0. The number of carbonyl (C=O) groups excluding carboxylic acids is 2. The van der Waals surface area contributed by atoms with Crippen LogP contribution in [0.1, 0.15) is 55.6 Å². The van der Waals surface area contributed by atoms with Crippen molar-refractivity contribution in [2.75, 3.05) is 13.2 Å². The Labute approximate surface area is 179 Å². The Bertz CT molecular complexity index is 969. The normalized spacial score (nSPS) is 28.3. The molecule has 2 aliphatic carbocycles. The second-order valence-electron chi connectivity index (χ2n) is 8.25. The summed E-state index contributed by atoms with van der Waals surface area (Å²) in [5.74, 6) is -1.78. The lowest BCUT2D eigenvalue weighted by Crippen LogP contribution is -2.60. The number of hydrogen-bond acceptors (Lipinski definition) is 7. The van der Waals surface area contributed by atoms with Crippen LogP contribution in [-0.4, -0.2) is 50.1 Å². The highest BCUT2D eigenvalue weighted by Crippen LogP contribution is 2.56. The highest BCUT2D eigenvalue weighted by atomic mass is 35.5. The van der Waals surface area contributed by atoms with E-state index in [2.05, 4.69) is 15.0 Å². The minimum Gasteiger partial charge on any atom is -0.346 e. The fourth-order valence-corrected chi connectivity index (χ4v) is 5.54. The molecule has 9 heteroatoms. The van der Waals surface area contributed by atoms with E-state index in [0.29, 0.717) is 44.7 Å². The number of fused-ring (bicyclic) bond motifs is 1. The summed E-state index contributed by atoms with van der Waals surface area (Å²) in [6, 6.07) is 1.56. The highest BCUT2D eigenvalue weighted by molar-refractivity contribution is 6.29. The number of nitrogens with zero attached hydrogens (tertiary/aromatic N) is 4. The molecule has 1 aliphatic heterocycles. The van der Waals surface area contributed by atoms with Crippen LogP contribution in [0.3, 0.4) is 0 Å². The molecule has 0 unspecified atom stereocenters. The van der Waals surface area contributed by atoms with E-state index in [1.54, 1.807) is 29.4 Å². The van der Waals surface area contributed by atoms with Crippen molar-refractivity contribution in [2.45, 2.75) is 50.7 Å². The molecule has 0 radical (unpaired) electrons. The lowest BCUT2D eigenvalue weighted by Gasteiger charge is -2.51. The Balaban J connectivity index is 1.49. The molecule has 2 atom stereocenters. The first-order valence-corrected chi connectivity index (χ1v) is 10.8. The summed E-state index contributed by atoms with van der Waals surface area (Å²) in [5.41, 5.74) is -0.772. The second kappa shape index (κ2) is 7.51. The molecule has 3 fully saturated rings. The monoisotopic (exact) mass is 430 g/mol. The number of aromatic nitrogens is 4. The van der Waals surface area contributed by atoms with Crippen LogP contribution in [0.4, 0.5) is 0 Å². The number of carbonyl (C=O) groups is 2. The molecule has 30 heavy (non-hydrogen) atoms. The molecular weight excluding hydrogens is 408 g/mol. The third kappa shape index (κ3) is 3.01. The molecule has 0 N–H and O–H groups in total. The second-order valence-corrected chi connectivity index (χ2v) is 8.64. The van der Waals surface area contributed by atoms with E-state index in [9.17, 15) is 9.59 Å². The summed E-state index contributed by atoms with van der Waals surface area (Å²) >= 11 is 6.16. The van der Waals surface area contributed by atoms with Crippen LogP contribution in [0, 0.1) is 11.3 Å². The number of rotatable bonds is 3. The van der Waals surface area contributed by atoms with Crippen molar-refractivity contribution in [3.8, 4) is 5.82 Å². The largest absolute Gasteiger partial charge is 0.346 e. The van der Waals surface area contributed by atoms with Crippen LogP contribution in [-0.2, 0) is 14.3 Å². The molecule has 0 aromatic carbocycles. The number of imidazole rings is 1. The van der Waals surface area contributed by atoms with Gasteiger partial charge in [-0.1, -0.05) is 24.4 Å². The summed E-state index contributed by atoms with van der Waals surface area (Å²) in [6.07, 6.45) is 10.1. The van der Waals surface area contributed by atoms with Gasteiger partial charge in [0.25, 0.3) is 0 Å². The average Bonchev–Trinajstić information content (AvgIpc) is 3.44. The van der Waals surface area contributed by atoms with Gasteiger partial charge in [-0.2, -0.15) is 0 Å². The quantitative estimate of drug-likeness (QED) is 0.419. The molecule has 5 rings (SSSR count). The van der Waals surface area contributed by atoms with Crippen molar-refractivity contribution in [3.63, 3.8) is 0 Å². The maximum absolute atomic E-state index is 13.8. The predicted molar refractivity (Wildman–Crippen MR) is 106 cm³/mol. The minimum atomic E-state index is -0.890. The molecule has 8 nitrogen and oxygen atoms in total. The van der Waals surface area contributed by atoms with Crippen molar-refractivity contribution >= 4 is 23.2 Å². The molecule has 1 saturated heterocycles. The maximum atomic E-state index is 13.8. The minimum absolute atomic E-state index is 0.0419. The van der Waals surface area contributed by atoms with Crippen molar-refractivity contribution in [1.82, 2.24) is 19.5 Å². The standard InChI is InChI=1S/C21H23ClN4O4/c22-15-12-16(26-9-8-23-13-26)25-19(24-15)17(27)14-4-3-6-20(18(14)28)5-1-2-7-21(20)29-10-11-30-21/h8-9,12-14H,1-7,10-11H2/t14-,20-/m0/s1. The van der Waals surface area contributed by atoms with Gasteiger partial charge in [0, 0.05) is 24.9 Å². The van der Waals surface area contributed by atoms with Crippen LogP contribution in [0.5, 0.6) is 0 Å². The fourth-order valence-electron chi connectivity index (χ4n) is 5.36. The molecule has 0 bridgehead atoms. The van der Waals surface area contributed by atoms with E-state index >= 15 is 0 Å². The Kier molecular flexibility index (Phi) is 4.95. The fraction of sp³-hybridized carbons (Fsp3) is 0.571. The van der Waals surface area contributed by atoms with Crippen LogP contribution in [0.2, 0.25) is 5.15 Å². The van der Waals surface area contributed by atoms with E-state index < -0.39 is 17.1 Å². The SMILES string of the molecule is O=C(c1nc(Cl)cc(-n2ccnc2)n1)[C@@H]1CCC[C@@]2(CCCCC23OCCO3)C1=O. The number of ketones is 2. The molecule has 2 aromatic rings. The van der Waals surface area contributed by atoms with Gasteiger partial charge < -0.3 is 9.47 Å². The molecule has 0 amide bonds. The van der Waals surface area contributed by atoms with E-state index in [4.69, 9.17) is 21.1 Å². The third-order valence-electron chi connectivity index (χ3n) is 6.71. The first-order valence-electron chi connectivity index (χ1n) is 10.4. The van der Waals surface area contributed by atoms with Gasteiger partial charge in [0.15, 0.2) is 17.4 Å². The average molecular weight is 431 g/mol. The molecule has 3 aliphatic rings. The Hall–Kier alpha value is -2.16. The molecule has 158 valence electrons. The van der Waals surface area contributed by atoms with Crippen LogP contribution in [0.15, 0.2) is 24.8 Å². The van der Waals surface area contributed by atoms with Crippen LogP contribution < -0.4 is 0 Å². The number of Topliss-reactive ketones (excluding diaryl/α,β-unsaturated/α-hetero) is 2. The van der Waals surface area contributed by atoms with E-state index in [1.165, 1.54) is 0 Å². The first-order chi connectivity index (χ1) is 14.5. The van der Waals surface area contributed by atoms with Crippen molar-refractivity contribution < 1.29 is 19.1 Å². The first kappa shape index (κ1) is 19.8. The lowest BCUT2D eigenvalue weighted by atomic mass is 9.57. The van der Waals surface area contributed by atoms with Crippen LogP contribution >= 0.6 is 11.6 Å². The summed E-state index contributed by atoms with van der Waals surface area (Å²) < 4.78 is 13.7. The van der Waals surface area contributed by atoms with E-state index in [0.717, 1.165) is 19.3 Å². The van der Waals surface area contributed by atoms with E-state index in [-0.39, 0.29) is 22.5 Å². The van der Waals surface area contributed by atoms with Crippen LogP contribution in [0.25, 0.3) is 5.82 Å². The van der Waals surface area contributed by atoms with Gasteiger partial charge in [0.1, 0.15) is 17.3 Å². The third-order valence-corrected chi connectivity index (χ3v) is 6.91. The van der Waals surface area contributed by atoms with Gasteiger partial charge in [-0.15, -0.1) is 0 Å². The molecule has 2 aromatic heterocycles. The summed E-state index contributed by atoms with van der Waals surface area (Å²) in [5, 5.41) is 0.145. The zero-order valence-electron chi connectivity index (χ0n) is 16.6. The van der Waals surface area contributed by atoms with Crippen molar-refractivity contribution in [1.29, 1.82) is 0 Å². The van der Waals surface area contributed by atoms with Gasteiger partial charge in [0.2, 0.25) is 5.78 Å². The Morgan fingerprint density at radius 1 is 1.13 bits per heavy atom. The zero-order valence-corrected chi connectivity index (χ0v) is 17.3. The number of ether oxygens (including phenoxy) is 2. The maximum Gasteiger partial charge on any atom is 0.210 e. The van der Waals surface area contributed by atoms with Gasteiger partial charge in [-0.3, -0.25) is 14.2 Å². The topological polar surface area (TPSA) is 96.2 Å². The Morgan fingerprint density at radius 2 is 1.90 bits per heavy atom. The summed E-state index contributed by atoms with van der Waals surface area (Å²) in [6.45, 7) is 0.971. The molecule has 2 saturated carbocycles. The van der Waals surface area contributed by atoms with Crippen molar-refractivity contribution in [2.24, 2.45) is 11.3 Å². The predicted octanol–water partition coefficient (Wildman–Crippen LogP) is 3.17.